The molecule has 5 rings (SSSR count). The number of nitrogens with zero attached hydrogens (tertiary/aromatic N) is 5. The van der Waals surface area contributed by atoms with Gasteiger partial charge in [-0.2, -0.15) is 13.2 Å². The van der Waals surface area contributed by atoms with Crippen molar-refractivity contribution in [3.05, 3.63) is 83.9 Å². The first kappa shape index (κ1) is 26.5. The molecule has 202 valence electrons. The first-order valence-electron chi connectivity index (χ1n) is 12.8. The summed E-state index contributed by atoms with van der Waals surface area (Å²) in [5, 5.41) is 0. The minimum atomic E-state index is -4.50. The summed E-state index contributed by atoms with van der Waals surface area (Å²) in [4.78, 5) is 13.3. The van der Waals surface area contributed by atoms with Crippen molar-refractivity contribution < 1.29 is 17.9 Å². The van der Waals surface area contributed by atoms with Crippen LogP contribution in [0, 0.1) is 0 Å². The molecule has 3 aromatic heterocycles. The fourth-order valence-corrected chi connectivity index (χ4v) is 4.63. The van der Waals surface area contributed by atoms with Crippen molar-refractivity contribution in [1.82, 2.24) is 24.1 Å². The summed E-state index contributed by atoms with van der Waals surface area (Å²) in [5.41, 5.74) is 5.24. The zero-order valence-electron chi connectivity index (χ0n) is 22.5. The number of alkyl halides is 3. The van der Waals surface area contributed by atoms with Gasteiger partial charge in [-0.25, -0.2) is 15.0 Å². The van der Waals surface area contributed by atoms with Crippen LogP contribution in [0.2, 0.25) is 0 Å². The smallest absolute Gasteiger partial charge is 0.434 e. The lowest BCUT2D eigenvalue weighted by atomic mass is 9.94. The summed E-state index contributed by atoms with van der Waals surface area (Å²) in [6.07, 6.45) is -1.67. The molecule has 0 amide bonds. The predicted octanol–water partition coefficient (Wildman–Crippen LogP) is 7.80. The summed E-state index contributed by atoms with van der Waals surface area (Å²) >= 11 is 0. The second-order valence-corrected chi connectivity index (χ2v) is 10.2. The highest BCUT2D eigenvalue weighted by Gasteiger charge is 2.35. The van der Waals surface area contributed by atoms with Gasteiger partial charge in [-0.3, -0.25) is 0 Å². The second-order valence-electron chi connectivity index (χ2n) is 10.2. The molecule has 0 radical (unpaired) electrons. The van der Waals surface area contributed by atoms with Crippen LogP contribution >= 0.6 is 0 Å². The van der Waals surface area contributed by atoms with Crippen molar-refractivity contribution in [2.45, 2.75) is 52.4 Å². The van der Waals surface area contributed by atoms with Gasteiger partial charge in [-0.15, -0.1) is 0 Å². The van der Waals surface area contributed by atoms with Gasteiger partial charge in [0.2, 0.25) is 5.88 Å². The van der Waals surface area contributed by atoms with Crippen molar-refractivity contribution in [2.24, 2.45) is 7.05 Å². The molecule has 0 aliphatic rings. The van der Waals surface area contributed by atoms with Crippen molar-refractivity contribution >= 4 is 11.0 Å². The average Bonchev–Trinajstić information content (AvgIpc) is 3.52. The van der Waals surface area contributed by atoms with Gasteiger partial charge in [0.05, 0.1) is 11.8 Å². The van der Waals surface area contributed by atoms with Gasteiger partial charge in [-0.1, -0.05) is 62.4 Å². The van der Waals surface area contributed by atoms with E-state index in [0.29, 0.717) is 17.4 Å². The Morgan fingerprint density at radius 2 is 1.67 bits per heavy atom. The van der Waals surface area contributed by atoms with E-state index in [1.807, 2.05) is 55.8 Å². The Bertz CT molecular complexity index is 1610. The fraction of sp³-hybridized carbons (Fsp3) is 0.300. The van der Waals surface area contributed by atoms with Crippen LogP contribution in [0.5, 0.6) is 5.88 Å². The van der Waals surface area contributed by atoms with Crippen LogP contribution in [0.4, 0.5) is 13.2 Å². The minimum absolute atomic E-state index is 0.172. The summed E-state index contributed by atoms with van der Waals surface area (Å²) in [6.45, 7) is 8.20. The van der Waals surface area contributed by atoms with Gasteiger partial charge in [0.15, 0.2) is 5.69 Å². The van der Waals surface area contributed by atoms with E-state index in [0.717, 1.165) is 34.1 Å². The van der Waals surface area contributed by atoms with Crippen molar-refractivity contribution in [3.63, 3.8) is 0 Å². The fourth-order valence-electron chi connectivity index (χ4n) is 4.63. The van der Waals surface area contributed by atoms with E-state index >= 15 is 0 Å². The number of aryl methyl sites for hydroxylation is 1. The Morgan fingerprint density at radius 1 is 0.949 bits per heavy atom. The quantitative estimate of drug-likeness (QED) is 0.214. The molecule has 0 fully saturated rings. The van der Waals surface area contributed by atoms with Gasteiger partial charge in [0, 0.05) is 36.5 Å². The SMILES string of the molecule is CC(C)c1ccccc1-c1nc(OCc2ccc(-c3nc(C(F)(F)F)cn3C(C)C)cc2)cc2c1ncn2C. The molecule has 3 heterocycles. The third-order valence-corrected chi connectivity index (χ3v) is 6.70. The van der Waals surface area contributed by atoms with Gasteiger partial charge < -0.3 is 13.9 Å². The van der Waals surface area contributed by atoms with Crippen molar-refractivity contribution in [1.29, 1.82) is 0 Å². The molecular weight excluding hydrogens is 503 g/mol. The van der Waals surface area contributed by atoms with Gasteiger partial charge >= 0.3 is 6.18 Å². The third-order valence-electron chi connectivity index (χ3n) is 6.70. The molecule has 6 nitrogen and oxygen atoms in total. The van der Waals surface area contributed by atoms with E-state index in [4.69, 9.17) is 9.72 Å². The molecule has 2 aromatic carbocycles. The van der Waals surface area contributed by atoms with Crippen LogP contribution in [0.25, 0.3) is 33.7 Å². The third kappa shape index (κ3) is 5.26. The minimum Gasteiger partial charge on any atom is -0.473 e. The number of hydrogen-bond donors (Lipinski definition) is 0. The number of benzene rings is 2. The maximum atomic E-state index is 13.3. The zero-order chi connectivity index (χ0) is 27.9. The monoisotopic (exact) mass is 533 g/mol. The molecule has 0 spiro atoms. The lowest BCUT2D eigenvalue weighted by Crippen LogP contribution is -2.05. The molecule has 39 heavy (non-hydrogen) atoms. The highest BCUT2D eigenvalue weighted by Crippen LogP contribution is 2.35. The maximum absolute atomic E-state index is 13.3. The number of fused-ring (bicyclic) bond motifs is 1. The number of rotatable bonds is 7. The van der Waals surface area contributed by atoms with E-state index in [1.54, 1.807) is 18.5 Å². The molecule has 0 aliphatic carbocycles. The molecule has 0 saturated heterocycles. The number of imidazole rings is 2. The van der Waals surface area contributed by atoms with E-state index in [9.17, 15) is 13.2 Å². The normalized spacial score (nSPS) is 12.2. The van der Waals surface area contributed by atoms with Crippen LogP contribution in [0.1, 0.15) is 56.5 Å². The Morgan fingerprint density at radius 3 is 2.33 bits per heavy atom. The predicted molar refractivity (Wildman–Crippen MR) is 145 cm³/mol. The molecule has 5 aromatic rings. The number of ether oxygens (including phenoxy) is 1. The number of aromatic nitrogens is 5. The van der Waals surface area contributed by atoms with E-state index in [-0.39, 0.29) is 18.5 Å². The van der Waals surface area contributed by atoms with E-state index in [2.05, 4.69) is 35.9 Å². The maximum Gasteiger partial charge on any atom is 0.434 e. The van der Waals surface area contributed by atoms with Gasteiger partial charge in [0.25, 0.3) is 0 Å². The Balaban J connectivity index is 1.43. The van der Waals surface area contributed by atoms with Crippen LogP contribution < -0.4 is 4.74 Å². The lowest BCUT2D eigenvalue weighted by Gasteiger charge is -2.14. The summed E-state index contributed by atoms with van der Waals surface area (Å²) in [7, 11) is 1.93. The molecule has 0 N–H and O–H groups in total. The Labute approximate surface area is 225 Å². The molecular formula is C30H30F3N5O. The van der Waals surface area contributed by atoms with Crippen LogP contribution in [0.15, 0.2) is 67.1 Å². The topological polar surface area (TPSA) is 57.8 Å². The van der Waals surface area contributed by atoms with Crippen LogP contribution in [-0.4, -0.2) is 24.1 Å². The Kier molecular flexibility index (Phi) is 6.92. The average molecular weight is 534 g/mol. The standard InChI is InChI=1S/C30H30F3N5O/c1-18(2)22-8-6-7-9-23(22)27-28-24(37(5)17-34-28)14-26(36-27)39-16-20-10-12-21(13-11-20)29-35-25(30(31,32)33)15-38(29)19(3)4/h6-15,17-19H,16H2,1-5H3. The van der Waals surface area contributed by atoms with Gasteiger partial charge in [-0.05, 0) is 30.9 Å². The summed E-state index contributed by atoms with van der Waals surface area (Å²) in [6, 6.07) is 17.1. The lowest BCUT2D eigenvalue weighted by molar-refractivity contribution is -0.140. The molecule has 0 bridgehead atoms. The van der Waals surface area contributed by atoms with Crippen LogP contribution in [-0.2, 0) is 19.8 Å². The number of halogens is 3. The van der Waals surface area contributed by atoms with Crippen molar-refractivity contribution in [2.75, 3.05) is 0 Å². The highest BCUT2D eigenvalue weighted by atomic mass is 19.4. The largest absolute Gasteiger partial charge is 0.473 e. The van der Waals surface area contributed by atoms with Crippen molar-refractivity contribution in [3.8, 4) is 28.5 Å². The zero-order valence-corrected chi connectivity index (χ0v) is 22.5. The van der Waals surface area contributed by atoms with E-state index < -0.39 is 11.9 Å². The summed E-state index contributed by atoms with van der Waals surface area (Å²) in [5.74, 6) is 1.05. The van der Waals surface area contributed by atoms with Gasteiger partial charge in [0.1, 0.15) is 23.6 Å². The molecule has 9 heteroatoms. The molecule has 0 unspecified atom stereocenters. The molecule has 0 aliphatic heterocycles. The molecule has 0 atom stereocenters. The summed E-state index contributed by atoms with van der Waals surface area (Å²) < 4.78 is 49.4. The Hall–Kier alpha value is -4.14. The first-order chi connectivity index (χ1) is 18.5. The second kappa shape index (κ2) is 10.2. The first-order valence-corrected chi connectivity index (χ1v) is 12.8. The molecule has 0 saturated carbocycles. The number of pyridine rings is 1. The van der Waals surface area contributed by atoms with Crippen LogP contribution in [0.3, 0.4) is 0 Å². The van der Waals surface area contributed by atoms with E-state index in [1.165, 1.54) is 10.1 Å². The highest BCUT2D eigenvalue weighted by molar-refractivity contribution is 5.91. The number of hydrogen-bond acceptors (Lipinski definition) is 4.